The first-order valence-corrected chi connectivity index (χ1v) is 7.34. The molecule has 2 aliphatic heterocycles. The van der Waals surface area contributed by atoms with Crippen LogP contribution in [0.15, 0.2) is 0 Å². The van der Waals surface area contributed by atoms with Crippen molar-refractivity contribution in [2.75, 3.05) is 39.3 Å². The van der Waals surface area contributed by atoms with Crippen molar-refractivity contribution < 1.29 is 9.59 Å². The lowest BCUT2D eigenvalue weighted by atomic mass is 9.96. The number of amides is 2. The molecule has 0 bridgehead atoms. The Balaban J connectivity index is 1.73. The Bertz CT molecular complexity index is 355. The highest BCUT2D eigenvalue weighted by Gasteiger charge is 2.29. The van der Waals surface area contributed by atoms with Crippen LogP contribution in [-0.2, 0) is 9.59 Å². The lowest BCUT2D eigenvalue weighted by Gasteiger charge is -2.32. The number of carbonyl (C=O) groups is 2. The largest absolute Gasteiger partial charge is 0.342 e. The van der Waals surface area contributed by atoms with E-state index in [1.165, 1.54) is 0 Å². The lowest BCUT2D eigenvalue weighted by molar-refractivity contribution is -0.136. The summed E-state index contributed by atoms with van der Waals surface area (Å²) >= 11 is 0. The quantitative estimate of drug-likeness (QED) is 0.331. The summed E-state index contributed by atoms with van der Waals surface area (Å²) in [5.41, 5.74) is 7.84. The molecule has 2 amide bonds. The third-order valence-electron chi connectivity index (χ3n) is 4.42. The molecule has 7 heteroatoms. The van der Waals surface area contributed by atoms with Gasteiger partial charge in [-0.25, -0.2) is 5.84 Å². The molecule has 0 aromatic rings. The monoisotopic (exact) mass is 283 g/mol. The Labute approximate surface area is 119 Å². The third-order valence-corrected chi connectivity index (χ3v) is 4.42. The van der Waals surface area contributed by atoms with Crippen LogP contribution in [0.2, 0.25) is 0 Å². The van der Waals surface area contributed by atoms with Gasteiger partial charge in [-0.3, -0.25) is 19.9 Å². The maximum absolute atomic E-state index is 12.2. The van der Waals surface area contributed by atoms with Crippen molar-refractivity contribution in [1.29, 1.82) is 0 Å². The molecule has 1 atom stereocenters. The van der Waals surface area contributed by atoms with Crippen molar-refractivity contribution in [1.82, 2.24) is 15.2 Å². The van der Waals surface area contributed by atoms with E-state index in [-0.39, 0.29) is 17.7 Å². The number of nitrogens with two attached hydrogens (primary N) is 2. The second kappa shape index (κ2) is 7.01. The molecule has 0 aliphatic carbocycles. The van der Waals surface area contributed by atoms with Crippen molar-refractivity contribution >= 4 is 11.8 Å². The molecule has 7 nitrogen and oxygen atoms in total. The van der Waals surface area contributed by atoms with E-state index in [4.69, 9.17) is 11.6 Å². The second-order valence-corrected chi connectivity index (χ2v) is 5.79. The van der Waals surface area contributed by atoms with Crippen LogP contribution in [0, 0.1) is 11.8 Å². The summed E-state index contributed by atoms with van der Waals surface area (Å²) in [4.78, 5) is 27.7. The summed E-state index contributed by atoms with van der Waals surface area (Å²) in [5.74, 6) is 5.65. The Morgan fingerprint density at radius 2 is 1.85 bits per heavy atom. The van der Waals surface area contributed by atoms with Gasteiger partial charge in [0.1, 0.15) is 0 Å². The number of hydrogen-bond acceptors (Lipinski definition) is 5. The summed E-state index contributed by atoms with van der Waals surface area (Å²) in [6, 6.07) is 0. The fourth-order valence-electron chi connectivity index (χ4n) is 3.05. The van der Waals surface area contributed by atoms with Crippen molar-refractivity contribution in [2.45, 2.75) is 19.3 Å². The number of hydrogen-bond donors (Lipinski definition) is 3. The van der Waals surface area contributed by atoms with E-state index in [9.17, 15) is 9.59 Å². The number of nitrogens with zero attached hydrogens (tertiary/aromatic N) is 2. The van der Waals surface area contributed by atoms with Crippen LogP contribution in [-0.4, -0.2) is 60.9 Å². The van der Waals surface area contributed by atoms with E-state index in [1.54, 1.807) is 0 Å². The molecule has 0 saturated carbocycles. The summed E-state index contributed by atoms with van der Waals surface area (Å²) in [6.45, 7) is 4.35. The highest BCUT2D eigenvalue weighted by atomic mass is 16.2. The number of nitrogens with one attached hydrogen (secondary N) is 1. The molecule has 1 unspecified atom stereocenters. The van der Waals surface area contributed by atoms with Crippen molar-refractivity contribution in [2.24, 2.45) is 23.4 Å². The standard InChI is InChI=1S/C13H25N5O2/c14-7-10-1-4-17(8-10)9-12(19)18-5-2-11(3-6-18)13(20)16-15/h10-11H,1-9,14-15H2,(H,16,20). The Morgan fingerprint density at radius 1 is 1.15 bits per heavy atom. The summed E-state index contributed by atoms with van der Waals surface area (Å²) in [6.07, 6.45) is 2.48. The molecule has 0 spiro atoms. The van der Waals surface area contributed by atoms with Crippen LogP contribution in [0.25, 0.3) is 0 Å². The Kier molecular flexibility index (Phi) is 5.33. The minimum atomic E-state index is -0.123. The van der Waals surface area contributed by atoms with Gasteiger partial charge < -0.3 is 10.6 Å². The minimum absolute atomic E-state index is 0.0579. The van der Waals surface area contributed by atoms with Gasteiger partial charge in [0, 0.05) is 25.6 Å². The normalized spacial score (nSPS) is 24.9. The number of rotatable bonds is 4. The maximum atomic E-state index is 12.2. The fourth-order valence-corrected chi connectivity index (χ4v) is 3.05. The molecule has 0 aromatic carbocycles. The predicted molar refractivity (Wildman–Crippen MR) is 75.2 cm³/mol. The van der Waals surface area contributed by atoms with Crippen molar-refractivity contribution in [3.8, 4) is 0 Å². The molecule has 5 N–H and O–H groups in total. The van der Waals surface area contributed by atoms with Gasteiger partial charge in [-0.05, 0) is 38.3 Å². The molecular formula is C13H25N5O2. The van der Waals surface area contributed by atoms with E-state index < -0.39 is 0 Å². The van der Waals surface area contributed by atoms with E-state index in [2.05, 4.69) is 10.3 Å². The van der Waals surface area contributed by atoms with Gasteiger partial charge in [0.15, 0.2) is 0 Å². The molecule has 2 fully saturated rings. The molecule has 2 rings (SSSR count). The third kappa shape index (κ3) is 3.68. The van der Waals surface area contributed by atoms with Crippen molar-refractivity contribution in [3.63, 3.8) is 0 Å². The topological polar surface area (TPSA) is 105 Å². The maximum Gasteiger partial charge on any atom is 0.237 e. The van der Waals surface area contributed by atoms with Gasteiger partial charge in [0.25, 0.3) is 0 Å². The molecule has 114 valence electrons. The lowest BCUT2D eigenvalue weighted by Crippen LogP contribution is -2.47. The smallest absolute Gasteiger partial charge is 0.237 e. The summed E-state index contributed by atoms with van der Waals surface area (Å²) < 4.78 is 0. The SMILES string of the molecule is NCC1CCN(CC(=O)N2CCC(C(=O)NN)CC2)C1. The number of piperidine rings is 1. The molecule has 0 aromatic heterocycles. The van der Waals surface area contributed by atoms with Gasteiger partial charge in [0.2, 0.25) is 11.8 Å². The van der Waals surface area contributed by atoms with Gasteiger partial charge in [-0.15, -0.1) is 0 Å². The van der Waals surface area contributed by atoms with E-state index in [1.807, 2.05) is 4.90 Å². The van der Waals surface area contributed by atoms with E-state index in [0.717, 1.165) is 19.5 Å². The summed E-state index contributed by atoms with van der Waals surface area (Å²) in [5, 5.41) is 0. The van der Waals surface area contributed by atoms with Crippen molar-refractivity contribution in [3.05, 3.63) is 0 Å². The van der Waals surface area contributed by atoms with Gasteiger partial charge in [-0.2, -0.15) is 0 Å². The van der Waals surface area contributed by atoms with Gasteiger partial charge >= 0.3 is 0 Å². The van der Waals surface area contributed by atoms with Crippen LogP contribution < -0.4 is 17.0 Å². The number of hydrazine groups is 1. The first-order chi connectivity index (χ1) is 9.63. The average molecular weight is 283 g/mol. The summed E-state index contributed by atoms with van der Waals surface area (Å²) in [7, 11) is 0. The molecule has 2 heterocycles. The van der Waals surface area contributed by atoms with E-state index >= 15 is 0 Å². The van der Waals surface area contributed by atoms with Crippen LogP contribution in [0.3, 0.4) is 0 Å². The fraction of sp³-hybridized carbons (Fsp3) is 0.846. The number of carbonyl (C=O) groups excluding carboxylic acids is 2. The zero-order valence-corrected chi connectivity index (χ0v) is 11.9. The highest BCUT2D eigenvalue weighted by Crippen LogP contribution is 2.19. The van der Waals surface area contributed by atoms with Crippen LogP contribution in [0.5, 0.6) is 0 Å². The van der Waals surface area contributed by atoms with Gasteiger partial charge in [-0.1, -0.05) is 0 Å². The second-order valence-electron chi connectivity index (χ2n) is 5.79. The molecule has 20 heavy (non-hydrogen) atoms. The molecular weight excluding hydrogens is 258 g/mol. The van der Waals surface area contributed by atoms with Crippen LogP contribution >= 0.6 is 0 Å². The molecule has 2 saturated heterocycles. The zero-order chi connectivity index (χ0) is 14.5. The first-order valence-electron chi connectivity index (χ1n) is 7.34. The Morgan fingerprint density at radius 3 is 2.40 bits per heavy atom. The highest BCUT2D eigenvalue weighted by molar-refractivity contribution is 5.80. The number of likely N-dealkylation sites (tertiary alicyclic amines) is 2. The Hall–Kier alpha value is -1.18. The minimum Gasteiger partial charge on any atom is -0.342 e. The molecule has 2 aliphatic rings. The van der Waals surface area contributed by atoms with Crippen LogP contribution in [0.4, 0.5) is 0 Å². The first kappa shape index (κ1) is 15.2. The zero-order valence-electron chi connectivity index (χ0n) is 11.9. The average Bonchev–Trinajstić information content (AvgIpc) is 2.94. The van der Waals surface area contributed by atoms with E-state index in [0.29, 0.717) is 44.9 Å². The van der Waals surface area contributed by atoms with Gasteiger partial charge in [0.05, 0.1) is 6.54 Å². The van der Waals surface area contributed by atoms with Crippen LogP contribution in [0.1, 0.15) is 19.3 Å². The predicted octanol–water partition coefficient (Wildman–Crippen LogP) is -1.50. The molecule has 0 radical (unpaired) electrons.